The Morgan fingerprint density at radius 2 is 1.41 bits per heavy atom. The van der Waals surface area contributed by atoms with E-state index in [1.54, 1.807) is 0 Å². The highest BCUT2D eigenvalue weighted by molar-refractivity contribution is 5.64. The van der Waals surface area contributed by atoms with Gasteiger partial charge in [-0.15, -0.1) is 0 Å². The van der Waals surface area contributed by atoms with Gasteiger partial charge in [-0.3, -0.25) is 0 Å². The van der Waals surface area contributed by atoms with Gasteiger partial charge in [0.1, 0.15) is 12.4 Å². The van der Waals surface area contributed by atoms with E-state index in [1.807, 2.05) is 6.92 Å². The molecule has 0 unspecified atom stereocenters. The smallest absolute Gasteiger partial charge is 0.200 e. The first-order valence-corrected chi connectivity index (χ1v) is 8.84. The van der Waals surface area contributed by atoms with Crippen molar-refractivity contribution in [2.75, 3.05) is 0 Å². The fourth-order valence-corrected chi connectivity index (χ4v) is 2.90. The zero-order valence-electron chi connectivity index (χ0n) is 15.3. The normalized spacial score (nSPS) is 11.0. The highest BCUT2D eigenvalue weighted by Crippen LogP contribution is 2.28. The minimum absolute atomic E-state index is 0.146. The second-order valence-electron chi connectivity index (χ2n) is 6.46. The summed E-state index contributed by atoms with van der Waals surface area (Å²) in [7, 11) is 0. The molecule has 152 valence electrons. The molecule has 1 nitrogen and oxygen atoms in total. The van der Waals surface area contributed by atoms with Crippen LogP contribution in [0.4, 0.5) is 26.3 Å². The first-order chi connectivity index (χ1) is 13.8. The van der Waals surface area contributed by atoms with Crippen LogP contribution in [0.25, 0.3) is 11.1 Å². The Hall–Kier alpha value is -2.96. The molecule has 0 N–H and O–H groups in total. The van der Waals surface area contributed by atoms with Crippen LogP contribution in [0.15, 0.2) is 42.5 Å². The van der Waals surface area contributed by atoms with Crippen LogP contribution < -0.4 is 4.74 Å². The van der Waals surface area contributed by atoms with Crippen LogP contribution in [0.1, 0.15) is 24.5 Å². The maximum absolute atomic E-state index is 14.4. The molecule has 3 aromatic carbocycles. The monoisotopic (exact) mass is 410 g/mol. The summed E-state index contributed by atoms with van der Waals surface area (Å²) in [6.07, 6.45) is 1.05. The van der Waals surface area contributed by atoms with E-state index in [2.05, 4.69) is 0 Å². The Kier molecular flexibility index (Phi) is 6.15. The number of aryl methyl sites for hydroxylation is 1. The van der Waals surface area contributed by atoms with Crippen molar-refractivity contribution in [2.45, 2.75) is 26.4 Å². The molecule has 0 heterocycles. The second-order valence-corrected chi connectivity index (χ2v) is 6.46. The van der Waals surface area contributed by atoms with Crippen molar-refractivity contribution < 1.29 is 31.1 Å². The minimum Gasteiger partial charge on any atom is -0.486 e. The first-order valence-electron chi connectivity index (χ1n) is 8.84. The molecule has 0 aliphatic heterocycles. The van der Waals surface area contributed by atoms with E-state index in [0.29, 0.717) is 25.0 Å². The molecular weight excluding hydrogens is 394 g/mol. The molecule has 7 heteroatoms. The van der Waals surface area contributed by atoms with E-state index in [4.69, 9.17) is 4.74 Å². The molecule has 0 fully saturated rings. The third-order valence-corrected chi connectivity index (χ3v) is 4.37. The molecule has 0 aliphatic carbocycles. The number of hydrogen-bond acceptors (Lipinski definition) is 1. The molecule has 0 amide bonds. The van der Waals surface area contributed by atoms with Gasteiger partial charge in [-0.2, -0.15) is 4.39 Å². The van der Waals surface area contributed by atoms with Gasteiger partial charge in [0.25, 0.3) is 0 Å². The summed E-state index contributed by atoms with van der Waals surface area (Å²) >= 11 is 0. The van der Waals surface area contributed by atoms with E-state index < -0.39 is 34.9 Å². The second kappa shape index (κ2) is 8.59. The molecule has 0 radical (unpaired) electrons. The molecule has 0 aromatic heterocycles. The van der Waals surface area contributed by atoms with E-state index in [9.17, 15) is 26.3 Å². The fraction of sp³-hybridized carbons (Fsp3) is 0.182. The maximum atomic E-state index is 14.4. The van der Waals surface area contributed by atoms with Crippen molar-refractivity contribution in [1.82, 2.24) is 0 Å². The summed E-state index contributed by atoms with van der Waals surface area (Å²) in [6.45, 7) is 1.58. The van der Waals surface area contributed by atoms with Crippen molar-refractivity contribution in [3.8, 4) is 16.9 Å². The van der Waals surface area contributed by atoms with E-state index in [1.165, 1.54) is 24.3 Å². The molecule has 0 spiro atoms. The molecule has 0 saturated heterocycles. The summed E-state index contributed by atoms with van der Waals surface area (Å²) in [5.41, 5.74) is 0.206. The zero-order chi connectivity index (χ0) is 21.1. The van der Waals surface area contributed by atoms with Crippen molar-refractivity contribution in [3.05, 3.63) is 88.5 Å². The standard InChI is InChI=1S/C22H16F6O/c1-2-3-13-5-7-19(22(28)20(13)26)29-11-12-4-6-15(16(23)8-12)14-9-17(24)21(27)18(25)10-14/h4-10H,2-3,11H2,1H3. The van der Waals surface area contributed by atoms with Crippen molar-refractivity contribution in [3.63, 3.8) is 0 Å². The third-order valence-electron chi connectivity index (χ3n) is 4.37. The van der Waals surface area contributed by atoms with Crippen LogP contribution in [0.2, 0.25) is 0 Å². The summed E-state index contributed by atoms with van der Waals surface area (Å²) in [6, 6.07) is 7.77. The van der Waals surface area contributed by atoms with Crippen LogP contribution in [-0.2, 0) is 13.0 Å². The van der Waals surface area contributed by atoms with Crippen LogP contribution in [0, 0.1) is 34.9 Å². The van der Waals surface area contributed by atoms with Gasteiger partial charge in [-0.05, 0) is 47.4 Å². The number of ether oxygens (including phenoxy) is 1. The Labute approximate surface area is 163 Å². The lowest BCUT2D eigenvalue weighted by Crippen LogP contribution is -2.02. The van der Waals surface area contributed by atoms with Crippen molar-refractivity contribution >= 4 is 0 Å². The maximum Gasteiger partial charge on any atom is 0.200 e. The summed E-state index contributed by atoms with van der Waals surface area (Å²) in [5.74, 6) is -7.75. The lowest BCUT2D eigenvalue weighted by molar-refractivity contribution is 0.283. The predicted molar refractivity (Wildman–Crippen MR) is 96.4 cm³/mol. The number of benzene rings is 3. The SMILES string of the molecule is CCCc1ccc(OCc2ccc(-c3cc(F)c(F)c(F)c3)c(F)c2)c(F)c1F. The predicted octanol–water partition coefficient (Wildman–Crippen LogP) is 6.72. The summed E-state index contributed by atoms with van der Waals surface area (Å²) < 4.78 is 87.5. The van der Waals surface area contributed by atoms with Crippen LogP contribution in [0.5, 0.6) is 5.75 Å². The van der Waals surface area contributed by atoms with Gasteiger partial charge in [0.15, 0.2) is 29.0 Å². The van der Waals surface area contributed by atoms with Crippen LogP contribution in [-0.4, -0.2) is 0 Å². The fourth-order valence-electron chi connectivity index (χ4n) is 2.90. The van der Waals surface area contributed by atoms with Gasteiger partial charge in [-0.1, -0.05) is 31.5 Å². The average Bonchev–Trinajstić information content (AvgIpc) is 2.69. The Morgan fingerprint density at radius 3 is 2.03 bits per heavy atom. The molecule has 0 bridgehead atoms. The molecular formula is C22H16F6O. The van der Waals surface area contributed by atoms with Gasteiger partial charge < -0.3 is 4.74 Å². The lowest BCUT2D eigenvalue weighted by Gasteiger charge is -2.11. The van der Waals surface area contributed by atoms with Gasteiger partial charge in [0.2, 0.25) is 5.82 Å². The van der Waals surface area contributed by atoms with Gasteiger partial charge >= 0.3 is 0 Å². The number of halogens is 6. The quantitative estimate of drug-likeness (QED) is 0.324. The van der Waals surface area contributed by atoms with E-state index in [0.717, 1.165) is 6.07 Å². The zero-order valence-corrected chi connectivity index (χ0v) is 15.3. The lowest BCUT2D eigenvalue weighted by atomic mass is 10.0. The molecule has 0 saturated carbocycles. The average molecular weight is 410 g/mol. The van der Waals surface area contributed by atoms with E-state index >= 15 is 0 Å². The Balaban J connectivity index is 1.79. The molecule has 3 rings (SSSR count). The largest absolute Gasteiger partial charge is 0.486 e. The number of rotatable bonds is 6. The van der Waals surface area contributed by atoms with Crippen LogP contribution >= 0.6 is 0 Å². The Morgan fingerprint density at radius 1 is 0.724 bits per heavy atom. The Bertz CT molecular complexity index is 1020. The van der Waals surface area contributed by atoms with Crippen LogP contribution in [0.3, 0.4) is 0 Å². The highest BCUT2D eigenvalue weighted by Gasteiger charge is 2.16. The van der Waals surface area contributed by atoms with E-state index in [-0.39, 0.29) is 34.6 Å². The number of hydrogen-bond donors (Lipinski definition) is 0. The summed E-state index contributed by atoms with van der Waals surface area (Å²) in [5, 5.41) is 0. The third kappa shape index (κ3) is 4.39. The highest BCUT2D eigenvalue weighted by atomic mass is 19.2. The molecule has 0 aliphatic rings. The van der Waals surface area contributed by atoms with Gasteiger partial charge in [0.05, 0.1) is 0 Å². The topological polar surface area (TPSA) is 9.23 Å². The molecule has 3 aromatic rings. The molecule has 29 heavy (non-hydrogen) atoms. The molecule has 0 atom stereocenters. The summed E-state index contributed by atoms with van der Waals surface area (Å²) in [4.78, 5) is 0. The van der Waals surface area contributed by atoms with Gasteiger partial charge in [0, 0.05) is 5.56 Å². The first kappa shape index (κ1) is 20.8. The minimum atomic E-state index is -1.64. The van der Waals surface area contributed by atoms with Gasteiger partial charge in [-0.25, -0.2) is 22.0 Å². The van der Waals surface area contributed by atoms with Crippen molar-refractivity contribution in [2.24, 2.45) is 0 Å². The van der Waals surface area contributed by atoms with Crippen molar-refractivity contribution in [1.29, 1.82) is 0 Å².